The Morgan fingerprint density at radius 2 is 2.29 bits per heavy atom. The van der Waals surface area contributed by atoms with Crippen molar-refractivity contribution in [2.75, 3.05) is 37.7 Å². The van der Waals surface area contributed by atoms with Gasteiger partial charge in [0.1, 0.15) is 6.61 Å². The second-order valence-corrected chi connectivity index (χ2v) is 6.74. The fourth-order valence-electron chi connectivity index (χ4n) is 2.95. The summed E-state index contributed by atoms with van der Waals surface area (Å²) < 4.78 is 19.5. The summed E-state index contributed by atoms with van der Waals surface area (Å²) in [5.74, 6) is 1.33. The minimum Gasteiger partial charge on any atom is -0.476 e. The van der Waals surface area contributed by atoms with Gasteiger partial charge in [-0.25, -0.2) is 19.4 Å². The van der Waals surface area contributed by atoms with Crippen LogP contribution < -0.4 is 20.3 Å². The molecule has 1 unspecified atom stereocenters. The highest BCUT2D eigenvalue weighted by atomic mass is 35.5. The Morgan fingerprint density at radius 3 is 3.04 bits per heavy atom. The molecule has 3 heterocycles. The molecule has 0 saturated carbocycles. The normalized spacial score (nSPS) is 16.9. The summed E-state index contributed by atoms with van der Waals surface area (Å²) in [6.45, 7) is 5.05. The molecule has 1 fully saturated rings. The summed E-state index contributed by atoms with van der Waals surface area (Å²) in [6.07, 6.45) is 4.04. The highest BCUT2D eigenvalue weighted by molar-refractivity contribution is 6.30. The fraction of sp³-hybridized carbons (Fsp3) is 0.421. The minimum absolute atomic E-state index is 0.165. The van der Waals surface area contributed by atoms with E-state index >= 15 is 0 Å². The number of rotatable bonds is 7. The summed E-state index contributed by atoms with van der Waals surface area (Å²) in [7, 11) is 0. The van der Waals surface area contributed by atoms with Gasteiger partial charge in [-0.15, -0.1) is 0 Å². The number of halogens is 2. The van der Waals surface area contributed by atoms with Gasteiger partial charge in [-0.05, 0) is 31.5 Å². The van der Waals surface area contributed by atoms with Crippen molar-refractivity contribution in [3.05, 3.63) is 47.5 Å². The van der Waals surface area contributed by atoms with Gasteiger partial charge in [-0.1, -0.05) is 11.6 Å². The number of pyridine rings is 2. The van der Waals surface area contributed by atoms with Crippen molar-refractivity contribution in [3.8, 4) is 5.88 Å². The van der Waals surface area contributed by atoms with Crippen LogP contribution in [-0.4, -0.2) is 54.8 Å². The van der Waals surface area contributed by atoms with Crippen LogP contribution in [0.5, 0.6) is 5.88 Å². The molecule has 0 bridgehead atoms. The van der Waals surface area contributed by atoms with Crippen LogP contribution in [0.3, 0.4) is 0 Å². The van der Waals surface area contributed by atoms with E-state index in [-0.39, 0.29) is 11.9 Å². The molecule has 0 radical (unpaired) electrons. The van der Waals surface area contributed by atoms with E-state index in [4.69, 9.17) is 16.3 Å². The van der Waals surface area contributed by atoms with Crippen molar-refractivity contribution in [1.82, 2.24) is 20.6 Å². The standard InChI is InChI=1S/C19H24ClFN6O/c1-2-22-19(24-9-11-28-17-6-5-14(20)12-25-17)26-15-7-10-27(13-15)18-16(21)4-3-8-23-18/h3-6,8,12,15H,2,7,9-11,13H2,1H3,(H2,22,24,26). The van der Waals surface area contributed by atoms with Gasteiger partial charge in [0.05, 0.1) is 11.6 Å². The zero-order valence-electron chi connectivity index (χ0n) is 15.7. The first-order valence-electron chi connectivity index (χ1n) is 9.30. The number of ether oxygens (including phenoxy) is 1. The lowest BCUT2D eigenvalue weighted by Gasteiger charge is -2.20. The van der Waals surface area contributed by atoms with Crippen molar-refractivity contribution < 1.29 is 9.13 Å². The van der Waals surface area contributed by atoms with Crippen molar-refractivity contribution in [1.29, 1.82) is 0 Å². The third-order valence-corrected chi connectivity index (χ3v) is 4.45. The lowest BCUT2D eigenvalue weighted by molar-refractivity contribution is 0.316. The van der Waals surface area contributed by atoms with Gasteiger partial charge in [0.2, 0.25) is 5.88 Å². The molecule has 28 heavy (non-hydrogen) atoms. The molecule has 2 N–H and O–H groups in total. The van der Waals surface area contributed by atoms with E-state index in [1.165, 1.54) is 6.07 Å². The molecular weight excluding hydrogens is 383 g/mol. The minimum atomic E-state index is -0.295. The smallest absolute Gasteiger partial charge is 0.213 e. The molecule has 9 heteroatoms. The molecule has 3 rings (SSSR count). The predicted molar refractivity (Wildman–Crippen MR) is 109 cm³/mol. The van der Waals surface area contributed by atoms with Crippen LogP contribution in [0, 0.1) is 5.82 Å². The molecule has 1 saturated heterocycles. The Morgan fingerprint density at radius 1 is 1.39 bits per heavy atom. The maximum atomic E-state index is 13.9. The van der Waals surface area contributed by atoms with Crippen LogP contribution in [0.25, 0.3) is 0 Å². The van der Waals surface area contributed by atoms with E-state index in [1.54, 1.807) is 30.6 Å². The average molecular weight is 407 g/mol. The zero-order valence-corrected chi connectivity index (χ0v) is 16.5. The van der Waals surface area contributed by atoms with Crippen LogP contribution in [0.1, 0.15) is 13.3 Å². The quantitative estimate of drug-likeness (QED) is 0.418. The molecule has 1 atom stereocenters. The van der Waals surface area contributed by atoms with E-state index in [1.807, 2.05) is 11.8 Å². The molecule has 2 aromatic rings. The van der Waals surface area contributed by atoms with Crippen molar-refractivity contribution >= 4 is 23.4 Å². The third kappa shape index (κ3) is 5.69. The van der Waals surface area contributed by atoms with Gasteiger partial charge < -0.3 is 20.3 Å². The molecule has 1 aliphatic rings. The molecule has 0 aromatic carbocycles. The molecule has 0 amide bonds. The Kier molecular flexibility index (Phi) is 7.25. The second-order valence-electron chi connectivity index (χ2n) is 6.31. The summed E-state index contributed by atoms with van der Waals surface area (Å²) in [6, 6.07) is 6.65. The lowest BCUT2D eigenvalue weighted by Crippen LogP contribution is -2.45. The summed E-state index contributed by atoms with van der Waals surface area (Å²) in [5.41, 5.74) is 0. The molecule has 0 spiro atoms. The topological polar surface area (TPSA) is 74.7 Å². The molecule has 1 aliphatic heterocycles. The van der Waals surface area contributed by atoms with Gasteiger partial charge in [0.15, 0.2) is 17.6 Å². The number of hydrogen-bond acceptors (Lipinski definition) is 5. The maximum Gasteiger partial charge on any atom is 0.213 e. The first kappa shape index (κ1) is 20.1. The summed E-state index contributed by atoms with van der Waals surface area (Å²) in [4.78, 5) is 14.7. The van der Waals surface area contributed by atoms with Crippen molar-refractivity contribution in [3.63, 3.8) is 0 Å². The van der Waals surface area contributed by atoms with Crippen LogP contribution in [0.2, 0.25) is 5.02 Å². The highest BCUT2D eigenvalue weighted by Crippen LogP contribution is 2.20. The van der Waals surface area contributed by atoms with Gasteiger partial charge >= 0.3 is 0 Å². The van der Waals surface area contributed by atoms with E-state index in [0.717, 1.165) is 19.5 Å². The molecular formula is C19H24ClFN6O. The second kappa shape index (κ2) is 10.1. The number of nitrogens with one attached hydrogen (secondary N) is 2. The number of nitrogens with zero attached hydrogens (tertiary/aromatic N) is 4. The zero-order chi connectivity index (χ0) is 19.8. The van der Waals surface area contributed by atoms with E-state index in [0.29, 0.717) is 42.4 Å². The Bertz CT molecular complexity index is 788. The van der Waals surface area contributed by atoms with Crippen LogP contribution >= 0.6 is 11.6 Å². The largest absolute Gasteiger partial charge is 0.476 e. The highest BCUT2D eigenvalue weighted by Gasteiger charge is 2.25. The maximum absolute atomic E-state index is 13.9. The van der Waals surface area contributed by atoms with E-state index < -0.39 is 0 Å². The van der Waals surface area contributed by atoms with Gasteiger partial charge in [-0.2, -0.15) is 0 Å². The fourth-order valence-corrected chi connectivity index (χ4v) is 3.06. The average Bonchev–Trinajstić information content (AvgIpc) is 3.15. The summed E-state index contributed by atoms with van der Waals surface area (Å²) >= 11 is 5.80. The predicted octanol–water partition coefficient (Wildman–Crippen LogP) is 2.48. The lowest BCUT2D eigenvalue weighted by atomic mass is 10.3. The number of aromatic nitrogens is 2. The van der Waals surface area contributed by atoms with Crippen LogP contribution in [-0.2, 0) is 0 Å². The third-order valence-electron chi connectivity index (χ3n) is 4.22. The first-order chi connectivity index (χ1) is 13.7. The first-order valence-corrected chi connectivity index (χ1v) is 9.68. The molecule has 150 valence electrons. The van der Waals surface area contributed by atoms with E-state index in [9.17, 15) is 4.39 Å². The van der Waals surface area contributed by atoms with Crippen molar-refractivity contribution in [2.45, 2.75) is 19.4 Å². The monoisotopic (exact) mass is 406 g/mol. The number of anilines is 1. The Balaban J connectivity index is 1.49. The van der Waals surface area contributed by atoms with Gasteiger partial charge in [-0.3, -0.25) is 0 Å². The van der Waals surface area contributed by atoms with Crippen LogP contribution in [0.15, 0.2) is 41.7 Å². The number of guanidine groups is 1. The van der Waals surface area contributed by atoms with Crippen LogP contribution in [0.4, 0.5) is 10.2 Å². The molecule has 7 nitrogen and oxygen atoms in total. The van der Waals surface area contributed by atoms with E-state index in [2.05, 4.69) is 25.6 Å². The number of hydrogen-bond donors (Lipinski definition) is 2. The SMILES string of the molecule is CCNC(=NCCOc1ccc(Cl)cn1)NC1CCN(c2ncccc2F)C1. The number of aliphatic imine (C=N–C) groups is 1. The van der Waals surface area contributed by atoms with Crippen molar-refractivity contribution in [2.24, 2.45) is 4.99 Å². The van der Waals surface area contributed by atoms with Gasteiger partial charge in [0, 0.05) is 44.1 Å². The molecule has 0 aliphatic carbocycles. The molecule has 2 aromatic heterocycles. The Hall–Kier alpha value is -2.61. The summed E-state index contributed by atoms with van der Waals surface area (Å²) in [5, 5.41) is 7.19. The Labute approximate surface area is 169 Å². The van der Waals surface area contributed by atoms with Gasteiger partial charge in [0.25, 0.3) is 0 Å².